The van der Waals surface area contributed by atoms with E-state index in [0.717, 1.165) is 12.5 Å². The Labute approximate surface area is 82.3 Å². The summed E-state index contributed by atoms with van der Waals surface area (Å²) in [5.74, 6) is -1.74. The van der Waals surface area contributed by atoms with Crippen LogP contribution < -0.4 is 10.6 Å². The second-order valence-corrected chi connectivity index (χ2v) is 3.22. The lowest BCUT2D eigenvalue weighted by atomic mass is 10.2. The van der Waals surface area contributed by atoms with Gasteiger partial charge in [0, 0.05) is 13.6 Å². The smallest absolute Gasteiger partial charge is 0.184 e. The Hall–Kier alpha value is -1.32. The van der Waals surface area contributed by atoms with Gasteiger partial charge in [-0.2, -0.15) is 0 Å². The summed E-state index contributed by atoms with van der Waals surface area (Å²) in [5.41, 5.74) is 5.98. The lowest BCUT2D eigenvalue weighted by Crippen LogP contribution is -2.21. The Morgan fingerprint density at radius 1 is 1.36 bits per heavy atom. The van der Waals surface area contributed by atoms with Crippen molar-refractivity contribution in [2.24, 2.45) is 0 Å². The van der Waals surface area contributed by atoms with Gasteiger partial charge in [0.15, 0.2) is 11.6 Å². The Bertz CT molecular complexity index is 326. The molecule has 1 rings (SSSR count). The highest BCUT2D eigenvalue weighted by Crippen LogP contribution is 2.27. The zero-order valence-electron chi connectivity index (χ0n) is 8.35. The van der Waals surface area contributed by atoms with Crippen molar-refractivity contribution in [1.82, 2.24) is 0 Å². The summed E-state index contributed by atoms with van der Waals surface area (Å²) in [4.78, 5) is 1.62. The average Bonchev–Trinajstić information content (AvgIpc) is 2.13. The van der Waals surface area contributed by atoms with Crippen molar-refractivity contribution in [3.05, 3.63) is 23.8 Å². The third-order valence-corrected chi connectivity index (χ3v) is 2.04. The summed E-state index contributed by atoms with van der Waals surface area (Å²) in [5, 5.41) is 0. The Morgan fingerprint density at radius 3 is 2.57 bits per heavy atom. The van der Waals surface area contributed by atoms with E-state index >= 15 is 0 Å². The molecule has 0 unspecified atom stereocenters. The van der Waals surface area contributed by atoms with Crippen molar-refractivity contribution >= 4 is 11.4 Å². The van der Waals surface area contributed by atoms with Crippen LogP contribution in [0.5, 0.6) is 0 Å². The fourth-order valence-electron chi connectivity index (χ4n) is 1.39. The maximum absolute atomic E-state index is 13.3. The first kappa shape index (κ1) is 10.8. The van der Waals surface area contributed by atoms with Crippen LogP contribution >= 0.6 is 0 Å². The van der Waals surface area contributed by atoms with E-state index in [2.05, 4.69) is 0 Å². The summed E-state index contributed by atoms with van der Waals surface area (Å²) in [7, 11) is 1.69. The van der Waals surface area contributed by atoms with Gasteiger partial charge in [-0.15, -0.1) is 0 Å². The molecule has 2 N–H and O–H groups in total. The molecule has 0 saturated heterocycles. The van der Waals surface area contributed by atoms with E-state index in [-0.39, 0.29) is 11.4 Å². The van der Waals surface area contributed by atoms with Gasteiger partial charge >= 0.3 is 0 Å². The summed E-state index contributed by atoms with van der Waals surface area (Å²) < 4.78 is 26.2. The summed E-state index contributed by atoms with van der Waals surface area (Å²) in [6.45, 7) is 2.61. The van der Waals surface area contributed by atoms with E-state index in [4.69, 9.17) is 5.73 Å². The van der Waals surface area contributed by atoms with Gasteiger partial charge in [-0.1, -0.05) is 6.92 Å². The molecule has 4 heteroatoms. The van der Waals surface area contributed by atoms with Gasteiger partial charge in [0.1, 0.15) is 0 Å². The predicted octanol–water partition coefficient (Wildman–Crippen LogP) is 2.39. The minimum absolute atomic E-state index is 0.145. The van der Waals surface area contributed by atoms with Crippen LogP contribution in [0.15, 0.2) is 12.1 Å². The van der Waals surface area contributed by atoms with Crippen molar-refractivity contribution in [3.63, 3.8) is 0 Å². The van der Waals surface area contributed by atoms with E-state index in [1.807, 2.05) is 6.92 Å². The van der Waals surface area contributed by atoms with Gasteiger partial charge in [-0.25, -0.2) is 8.78 Å². The molecule has 1 aromatic carbocycles. The summed E-state index contributed by atoms with van der Waals surface area (Å²) >= 11 is 0. The number of nitrogens with zero attached hydrogens (tertiary/aromatic N) is 1. The van der Waals surface area contributed by atoms with Crippen LogP contribution in [-0.4, -0.2) is 13.6 Å². The SMILES string of the molecule is CCCN(C)c1c(N)ccc(F)c1F. The molecule has 0 fully saturated rings. The average molecular weight is 200 g/mol. The van der Waals surface area contributed by atoms with Crippen LogP contribution in [0.3, 0.4) is 0 Å². The number of nitrogen functional groups attached to an aromatic ring is 1. The van der Waals surface area contributed by atoms with Gasteiger partial charge in [-0.05, 0) is 18.6 Å². The van der Waals surface area contributed by atoms with Gasteiger partial charge in [-0.3, -0.25) is 0 Å². The highest BCUT2D eigenvalue weighted by molar-refractivity contribution is 5.68. The lowest BCUT2D eigenvalue weighted by molar-refractivity contribution is 0.508. The Balaban J connectivity index is 3.11. The summed E-state index contributed by atoms with van der Waals surface area (Å²) in [6, 6.07) is 2.41. The molecular weight excluding hydrogens is 186 g/mol. The quantitative estimate of drug-likeness (QED) is 0.759. The molecule has 0 aliphatic rings. The second kappa shape index (κ2) is 4.26. The zero-order valence-corrected chi connectivity index (χ0v) is 8.35. The molecule has 0 amide bonds. The van der Waals surface area contributed by atoms with Crippen LogP contribution in [0.4, 0.5) is 20.2 Å². The van der Waals surface area contributed by atoms with Crippen molar-refractivity contribution in [3.8, 4) is 0 Å². The minimum Gasteiger partial charge on any atom is -0.397 e. The molecule has 0 aliphatic heterocycles. The largest absolute Gasteiger partial charge is 0.397 e. The van der Waals surface area contributed by atoms with Crippen molar-refractivity contribution in [2.75, 3.05) is 24.2 Å². The second-order valence-electron chi connectivity index (χ2n) is 3.22. The van der Waals surface area contributed by atoms with Gasteiger partial charge in [0.25, 0.3) is 0 Å². The van der Waals surface area contributed by atoms with Crippen LogP contribution in [0.25, 0.3) is 0 Å². The molecule has 2 nitrogen and oxygen atoms in total. The number of hydrogen-bond donors (Lipinski definition) is 1. The Kier molecular flexibility index (Phi) is 3.28. The molecule has 1 aromatic rings. The highest BCUT2D eigenvalue weighted by atomic mass is 19.2. The van der Waals surface area contributed by atoms with E-state index < -0.39 is 11.6 Å². The fraction of sp³-hybridized carbons (Fsp3) is 0.400. The minimum atomic E-state index is -0.874. The first-order valence-corrected chi connectivity index (χ1v) is 4.52. The van der Waals surface area contributed by atoms with E-state index in [9.17, 15) is 8.78 Å². The van der Waals surface area contributed by atoms with Gasteiger partial charge in [0.2, 0.25) is 0 Å². The first-order chi connectivity index (χ1) is 6.57. The fourth-order valence-corrected chi connectivity index (χ4v) is 1.39. The maximum atomic E-state index is 13.3. The van der Waals surface area contributed by atoms with Crippen LogP contribution in [-0.2, 0) is 0 Å². The molecule has 0 saturated carbocycles. The van der Waals surface area contributed by atoms with Crippen molar-refractivity contribution in [1.29, 1.82) is 0 Å². The number of halogens is 2. The molecule has 14 heavy (non-hydrogen) atoms. The molecule has 0 spiro atoms. The van der Waals surface area contributed by atoms with E-state index in [1.54, 1.807) is 11.9 Å². The number of rotatable bonds is 3. The molecule has 0 heterocycles. The maximum Gasteiger partial charge on any atom is 0.184 e. The standard InChI is InChI=1S/C10H14F2N2/c1-3-6-14(2)10-8(13)5-4-7(11)9(10)12/h4-5H,3,6,13H2,1-2H3. The molecule has 78 valence electrons. The number of nitrogens with two attached hydrogens (primary N) is 1. The van der Waals surface area contributed by atoms with Gasteiger partial charge < -0.3 is 10.6 Å². The van der Waals surface area contributed by atoms with Crippen molar-refractivity contribution < 1.29 is 8.78 Å². The van der Waals surface area contributed by atoms with E-state index in [0.29, 0.717) is 6.54 Å². The number of anilines is 2. The molecular formula is C10H14F2N2. The monoisotopic (exact) mass is 200 g/mol. The third-order valence-electron chi connectivity index (χ3n) is 2.04. The van der Waals surface area contributed by atoms with Crippen molar-refractivity contribution in [2.45, 2.75) is 13.3 Å². The first-order valence-electron chi connectivity index (χ1n) is 4.52. The number of hydrogen-bond acceptors (Lipinski definition) is 2. The van der Waals surface area contributed by atoms with Gasteiger partial charge in [0.05, 0.1) is 11.4 Å². The van der Waals surface area contributed by atoms with E-state index in [1.165, 1.54) is 6.07 Å². The topological polar surface area (TPSA) is 29.3 Å². The predicted molar refractivity (Wildman–Crippen MR) is 54.3 cm³/mol. The van der Waals surface area contributed by atoms with Crippen LogP contribution in [0.1, 0.15) is 13.3 Å². The highest BCUT2D eigenvalue weighted by Gasteiger charge is 2.14. The lowest BCUT2D eigenvalue weighted by Gasteiger charge is -2.20. The third kappa shape index (κ3) is 1.95. The zero-order chi connectivity index (χ0) is 10.7. The summed E-state index contributed by atoms with van der Waals surface area (Å²) in [6.07, 6.45) is 0.853. The van der Waals surface area contributed by atoms with Crippen LogP contribution in [0, 0.1) is 11.6 Å². The van der Waals surface area contributed by atoms with Crippen LogP contribution in [0.2, 0.25) is 0 Å². The normalized spacial score (nSPS) is 10.3. The molecule has 0 radical (unpaired) electrons. The molecule has 0 atom stereocenters. The number of benzene rings is 1. The molecule has 0 bridgehead atoms. The Morgan fingerprint density at radius 2 is 2.00 bits per heavy atom. The molecule has 0 aromatic heterocycles. The molecule has 0 aliphatic carbocycles.